The quantitative estimate of drug-likeness (QED) is 0.860. The van der Waals surface area contributed by atoms with E-state index in [1.807, 2.05) is 26.1 Å². The topological polar surface area (TPSA) is 59.3 Å². The fraction of sp³-hybridized carbons (Fsp3) is 0.357. The smallest absolute Gasteiger partial charge is 0.216 e. The van der Waals surface area contributed by atoms with Crippen LogP contribution in [-0.2, 0) is 20.1 Å². The van der Waals surface area contributed by atoms with E-state index in [1.165, 1.54) is 0 Å². The van der Waals surface area contributed by atoms with Gasteiger partial charge in [-0.1, -0.05) is 12.1 Å². The van der Waals surface area contributed by atoms with Crippen molar-refractivity contribution >= 4 is 0 Å². The highest BCUT2D eigenvalue weighted by Gasteiger charge is 2.12. The molecule has 0 spiro atoms. The number of aromatic nitrogens is 2. The molecule has 5 heteroatoms. The summed E-state index contributed by atoms with van der Waals surface area (Å²) in [7, 11) is 3.52. The number of methoxy groups -OCH3 is 1. The van der Waals surface area contributed by atoms with Crippen molar-refractivity contribution in [2.24, 2.45) is 7.05 Å². The van der Waals surface area contributed by atoms with Crippen LogP contribution in [0.15, 0.2) is 24.3 Å². The molecule has 102 valence electrons. The molecule has 0 amide bonds. The molecular formula is C14H19N3O2. The molecule has 0 radical (unpaired) electrons. The van der Waals surface area contributed by atoms with Crippen molar-refractivity contribution in [2.45, 2.75) is 20.0 Å². The summed E-state index contributed by atoms with van der Waals surface area (Å²) in [6, 6.07) is 7.17. The average Bonchev–Trinajstić information content (AvgIpc) is 2.66. The number of phenolic OH excluding ortho intramolecular Hbond substituents is 1. The molecule has 0 saturated carbocycles. The molecule has 0 aliphatic heterocycles. The highest BCUT2D eigenvalue weighted by Crippen LogP contribution is 2.20. The van der Waals surface area contributed by atoms with Crippen LogP contribution in [0.3, 0.4) is 0 Å². The first kappa shape index (κ1) is 13.4. The minimum atomic E-state index is 0.286. The molecule has 1 aromatic carbocycles. The fourth-order valence-electron chi connectivity index (χ4n) is 2.09. The van der Waals surface area contributed by atoms with Crippen molar-refractivity contribution in [3.05, 3.63) is 41.1 Å². The highest BCUT2D eigenvalue weighted by molar-refractivity contribution is 5.31. The van der Waals surface area contributed by atoms with Gasteiger partial charge in [0.05, 0.1) is 18.4 Å². The Kier molecular flexibility index (Phi) is 4.06. The number of hydrogen-bond donors (Lipinski definition) is 2. The summed E-state index contributed by atoms with van der Waals surface area (Å²) in [5.41, 5.74) is 3.17. The molecule has 0 aliphatic carbocycles. The number of rotatable bonds is 5. The molecule has 1 heterocycles. The van der Waals surface area contributed by atoms with Crippen molar-refractivity contribution in [3.63, 3.8) is 0 Å². The lowest BCUT2D eigenvalue weighted by atomic mass is 10.2. The second-order valence-electron chi connectivity index (χ2n) is 4.47. The number of phenols is 1. The number of nitrogens with zero attached hydrogens (tertiary/aromatic N) is 2. The van der Waals surface area contributed by atoms with E-state index >= 15 is 0 Å². The van der Waals surface area contributed by atoms with Gasteiger partial charge in [-0.05, 0) is 24.6 Å². The standard InChI is InChI=1S/C14H19N3O2/c1-10-13(14(19-3)17(2)16-10)9-15-8-11-4-6-12(18)7-5-11/h4-7,15,18H,8-9H2,1-3H3. The number of ether oxygens (including phenoxy) is 1. The summed E-state index contributed by atoms with van der Waals surface area (Å²) in [6.07, 6.45) is 0. The van der Waals surface area contributed by atoms with E-state index in [-0.39, 0.29) is 5.75 Å². The van der Waals surface area contributed by atoms with Gasteiger partial charge in [0.25, 0.3) is 0 Å². The number of aryl methyl sites for hydroxylation is 2. The van der Waals surface area contributed by atoms with Gasteiger partial charge >= 0.3 is 0 Å². The van der Waals surface area contributed by atoms with Crippen LogP contribution < -0.4 is 10.1 Å². The SMILES string of the molecule is COc1c(CNCc2ccc(O)cc2)c(C)nn1C. The van der Waals surface area contributed by atoms with Gasteiger partial charge in [-0.15, -0.1) is 0 Å². The molecule has 2 rings (SSSR count). The van der Waals surface area contributed by atoms with Crippen molar-refractivity contribution in [3.8, 4) is 11.6 Å². The Morgan fingerprint density at radius 2 is 1.95 bits per heavy atom. The molecule has 19 heavy (non-hydrogen) atoms. The zero-order valence-corrected chi connectivity index (χ0v) is 11.5. The normalized spacial score (nSPS) is 10.7. The zero-order chi connectivity index (χ0) is 13.8. The lowest BCUT2D eigenvalue weighted by molar-refractivity contribution is 0.368. The third-order valence-corrected chi connectivity index (χ3v) is 3.05. The Bertz CT molecular complexity index is 547. The van der Waals surface area contributed by atoms with Gasteiger partial charge in [0, 0.05) is 20.1 Å². The van der Waals surface area contributed by atoms with E-state index in [4.69, 9.17) is 4.74 Å². The monoisotopic (exact) mass is 261 g/mol. The van der Waals surface area contributed by atoms with Crippen molar-refractivity contribution in [1.82, 2.24) is 15.1 Å². The van der Waals surface area contributed by atoms with E-state index in [2.05, 4.69) is 10.4 Å². The van der Waals surface area contributed by atoms with Gasteiger partial charge in [0.1, 0.15) is 5.75 Å². The third kappa shape index (κ3) is 3.06. The minimum Gasteiger partial charge on any atom is -0.508 e. The predicted octanol–water partition coefficient (Wildman–Crippen LogP) is 1.73. The second kappa shape index (κ2) is 5.75. The van der Waals surface area contributed by atoms with Gasteiger partial charge in [-0.25, -0.2) is 4.68 Å². The molecule has 2 aromatic rings. The summed E-state index contributed by atoms with van der Waals surface area (Å²) in [5.74, 6) is 1.07. The molecule has 0 saturated heterocycles. The lowest BCUT2D eigenvalue weighted by Gasteiger charge is -2.07. The van der Waals surface area contributed by atoms with Crippen LogP contribution in [-0.4, -0.2) is 22.0 Å². The van der Waals surface area contributed by atoms with Crippen molar-refractivity contribution in [2.75, 3.05) is 7.11 Å². The van der Waals surface area contributed by atoms with Crippen LogP contribution >= 0.6 is 0 Å². The largest absolute Gasteiger partial charge is 0.508 e. The average molecular weight is 261 g/mol. The first-order valence-electron chi connectivity index (χ1n) is 6.17. The second-order valence-corrected chi connectivity index (χ2v) is 4.47. The van der Waals surface area contributed by atoms with Crippen LogP contribution in [0.2, 0.25) is 0 Å². The highest BCUT2D eigenvalue weighted by atomic mass is 16.5. The van der Waals surface area contributed by atoms with Crippen molar-refractivity contribution in [1.29, 1.82) is 0 Å². The van der Waals surface area contributed by atoms with Crippen LogP contribution in [0, 0.1) is 6.92 Å². The van der Waals surface area contributed by atoms with E-state index in [1.54, 1.807) is 23.9 Å². The van der Waals surface area contributed by atoms with Crippen LogP contribution in [0.4, 0.5) is 0 Å². The number of aromatic hydroxyl groups is 1. The number of hydrogen-bond acceptors (Lipinski definition) is 4. The van der Waals surface area contributed by atoms with E-state index in [9.17, 15) is 5.11 Å². The Morgan fingerprint density at radius 1 is 1.26 bits per heavy atom. The maximum absolute atomic E-state index is 9.22. The van der Waals surface area contributed by atoms with Gasteiger partial charge in [-0.2, -0.15) is 5.10 Å². The number of nitrogens with one attached hydrogen (secondary N) is 1. The molecule has 1 aromatic heterocycles. The van der Waals surface area contributed by atoms with Crippen molar-refractivity contribution < 1.29 is 9.84 Å². The first-order valence-corrected chi connectivity index (χ1v) is 6.17. The van der Waals surface area contributed by atoms with Gasteiger partial charge in [0.2, 0.25) is 5.88 Å². The van der Waals surface area contributed by atoms with Gasteiger partial charge in [0.15, 0.2) is 0 Å². The van der Waals surface area contributed by atoms with E-state index < -0.39 is 0 Å². The summed E-state index contributed by atoms with van der Waals surface area (Å²) in [6.45, 7) is 3.40. The van der Waals surface area contributed by atoms with Crippen LogP contribution in [0.25, 0.3) is 0 Å². The summed E-state index contributed by atoms with van der Waals surface area (Å²) in [4.78, 5) is 0. The summed E-state index contributed by atoms with van der Waals surface area (Å²) in [5, 5.41) is 16.9. The molecule has 0 bridgehead atoms. The Balaban J connectivity index is 1.97. The van der Waals surface area contributed by atoms with Crippen LogP contribution in [0.5, 0.6) is 11.6 Å². The molecule has 0 aliphatic rings. The van der Waals surface area contributed by atoms with E-state index in [0.717, 1.165) is 29.2 Å². The lowest BCUT2D eigenvalue weighted by Crippen LogP contribution is -2.13. The van der Waals surface area contributed by atoms with E-state index in [0.29, 0.717) is 6.54 Å². The molecule has 0 atom stereocenters. The number of benzene rings is 1. The molecule has 5 nitrogen and oxygen atoms in total. The Labute approximate surface area is 112 Å². The minimum absolute atomic E-state index is 0.286. The Hall–Kier alpha value is -2.01. The third-order valence-electron chi connectivity index (χ3n) is 3.05. The molecule has 2 N–H and O–H groups in total. The fourth-order valence-corrected chi connectivity index (χ4v) is 2.09. The maximum Gasteiger partial charge on any atom is 0.216 e. The summed E-state index contributed by atoms with van der Waals surface area (Å²) >= 11 is 0. The Morgan fingerprint density at radius 3 is 2.58 bits per heavy atom. The predicted molar refractivity (Wildman–Crippen MR) is 73.1 cm³/mol. The molecule has 0 fully saturated rings. The first-order chi connectivity index (χ1) is 9.11. The zero-order valence-electron chi connectivity index (χ0n) is 11.5. The molecule has 0 unspecified atom stereocenters. The van der Waals surface area contributed by atoms with Gasteiger partial charge < -0.3 is 15.2 Å². The summed E-state index contributed by atoms with van der Waals surface area (Å²) < 4.78 is 7.09. The molecular weight excluding hydrogens is 242 g/mol. The maximum atomic E-state index is 9.22. The van der Waals surface area contributed by atoms with Crippen LogP contribution in [0.1, 0.15) is 16.8 Å². The van der Waals surface area contributed by atoms with Gasteiger partial charge in [-0.3, -0.25) is 0 Å².